The summed E-state index contributed by atoms with van der Waals surface area (Å²) in [5, 5.41) is 6.50. The first-order valence-corrected chi connectivity index (χ1v) is 4.41. The van der Waals surface area contributed by atoms with Gasteiger partial charge in [-0.25, -0.2) is 0 Å². The van der Waals surface area contributed by atoms with Gasteiger partial charge in [-0.15, -0.1) is 0 Å². The third-order valence-electron chi connectivity index (χ3n) is 1.12. The van der Waals surface area contributed by atoms with Gasteiger partial charge >= 0.3 is 0 Å². The Kier molecular flexibility index (Phi) is 3.62. The molecule has 0 bridgehead atoms. The van der Waals surface area contributed by atoms with E-state index in [0.29, 0.717) is 0 Å². The first kappa shape index (κ1) is 11.3. The SMILES string of the molecule is CC(C)(C)NC=CNC(C)(C)C. The fourth-order valence-electron chi connectivity index (χ4n) is 0.583. The highest BCUT2D eigenvalue weighted by Gasteiger charge is 2.06. The van der Waals surface area contributed by atoms with Crippen LogP contribution >= 0.6 is 0 Å². The van der Waals surface area contributed by atoms with Crippen LogP contribution in [0.2, 0.25) is 0 Å². The van der Waals surface area contributed by atoms with Crippen molar-refractivity contribution >= 4 is 0 Å². The molecule has 0 aliphatic heterocycles. The van der Waals surface area contributed by atoms with Crippen LogP contribution in [0.1, 0.15) is 41.5 Å². The number of rotatable bonds is 2. The smallest absolute Gasteiger partial charge is 0.0284 e. The molecule has 0 heterocycles. The molecule has 0 aliphatic rings. The molecule has 2 nitrogen and oxygen atoms in total. The topological polar surface area (TPSA) is 24.1 Å². The van der Waals surface area contributed by atoms with Crippen LogP contribution in [0, 0.1) is 0 Å². The molecular weight excluding hydrogens is 148 g/mol. The summed E-state index contributed by atoms with van der Waals surface area (Å²) >= 11 is 0. The Hall–Kier alpha value is -0.660. The van der Waals surface area contributed by atoms with E-state index in [-0.39, 0.29) is 11.1 Å². The molecule has 0 atom stereocenters. The average Bonchev–Trinajstić information content (AvgIpc) is 1.76. The highest BCUT2D eigenvalue weighted by Crippen LogP contribution is 1.99. The molecule has 0 rings (SSSR count). The lowest BCUT2D eigenvalue weighted by atomic mass is 10.1. The van der Waals surface area contributed by atoms with E-state index in [1.54, 1.807) is 0 Å². The molecule has 0 aliphatic carbocycles. The summed E-state index contributed by atoms with van der Waals surface area (Å²) in [7, 11) is 0. The van der Waals surface area contributed by atoms with E-state index in [1.165, 1.54) is 0 Å². The zero-order valence-corrected chi connectivity index (χ0v) is 9.15. The minimum atomic E-state index is 0.149. The number of hydrogen-bond donors (Lipinski definition) is 2. The number of hydrogen-bond acceptors (Lipinski definition) is 2. The van der Waals surface area contributed by atoms with E-state index < -0.39 is 0 Å². The fraction of sp³-hybridized carbons (Fsp3) is 0.800. The van der Waals surface area contributed by atoms with Crippen molar-refractivity contribution < 1.29 is 0 Å². The zero-order valence-electron chi connectivity index (χ0n) is 9.15. The molecule has 0 unspecified atom stereocenters. The van der Waals surface area contributed by atoms with Crippen molar-refractivity contribution in [1.82, 2.24) is 10.6 Å². The van der Waals surface area contributed by atoms with Crippen LogP contribution in [0.25, 0.3) is 0 Å². The van der Waals surface area contributed by atoms with Gasteiger partial charge in [0.05, 0.1) is 0 Å². The van der Waals surface area contributed by atoms with Gasteiger partial charge in [-0.2, -0.15) is 0 Å². The molecule has 0 aromatic heterocycles. The van der Waals surface area contributed by atoms with E-state index in [1.807, 2.05) is 12.4 Å². The van der Waals surface area contributed by atoms with Crippen molar-refractivity contribution in [3.05, 3.63) is 12.4 Å². The second-order valence-electron chi connectivity index (χ2n) is 5.12. The molecule has 0 saturated carbocycles. The summed E-state index contributed by atoms with van der Waals surface area (Å²) in [6.07, 6.45) is 3.90. The largest absolute Gasteiger partial charge is 0.385 e. The summed E-state index contributed by atoms with van der Waals surface area (Å²) in [4.78, 5) is 0. The molecule has 2 N–H and O–H groups in total. The Morgan fingerprint density at radius 1 is 0.667 bits per heavy atom. The molecule has 0 spiro atoms. The summed E-state index contributed by atoms with van der Waals surface area (Å²) in [5.74, 6) is 0. The number of nitrogens with one attached hydrogen (secondary N) is 2. The van der Waals surface area contributed by atoms with Crippen molar-refractivity contribution in [1.29, 1.82) is 0 Å². The molecule has 2 heteroatoms. The molecule has 0 fully saturated rings. The van der Waals surface area contributed by atoms with Crippen molar-refractivity contribution in [3.8, 4) is 0 Å². The Morgan fingerprint density at radius 2 is 0.917 bits per heavy atom. The van der Waals surface area contributed by atoms with E-state index in [2.05, 4.69) is 52.2 Å². The molecule has 0 radical (unpaired) electrons. The Labute approximate surface area is 76.4 Å². The van der Waals surface area contributed by atoms with E-state index in [4.69, 9.17) is 0 Å². The monoisotopic (exact) mass is 170 g/mol. The minimum Gasteiger partial charge on any atom is -0.385 e. The molecule has 0 aromatic rings. The van der Waals surface area contributed by atoms with Gasteiger partial charge in [0.2, 0.25) is 0 Å². The van der Waals surface area contributed by atoms with Gasteiger partial charge in [0.15, 0.2) is 0 Å². The van der Waals surface area contributed by atoms with Crippen LogP contribution in [0.4, 0.5) is 0 Å². The minimum absolute atomic E-state index is 0.149. The second-order valence-corrected chi connectivity index (χ2v) is 5.12. The first-order chi connectivity index (χ1) is 5.21. The Bertz CT molecular complexity index is 128. The van der Waals surface area contributed by atoms with Gasteiger partial charge in [0, 0.05) is 23.5 Å². The predicted octanol–water partition coefficient (Wildman–Crippen LogP) is 2.23. The van der Waals surface area contributed by atoms with Gasteiger partial charge in [0.1, 0.15) is 0 Å². The van der Waals surface area contributed by atoms with Gasteiger partial charge in [-0.05, 0) is 41.5 Å². The van der Waals surface area contributed by atoms with Gasteiger partial charge in [0.25, 0.3) is 0 Å². The summed E-state index contributed by atoms with van der Waals surface area (Å²) < 4.78 is 0. The Balaban J connectivity index is 3.66. The predicted molar refractivity (Wildman–Crippen MR) is 54.9 cm³/mol. The van der Waals surface area contributed by atoms with Gasteiger partial charge < -0.3 is 10.6 Å². The second kappa shape index (κ2) is 3.83. The van der Waals surface area contributed by atoms with Crippen molar-refractivity contribution in [3.63, 3.8) is 0 Å². The van der Waals surface area contributed by atoms with Crippen LogP contribution in [-0.2, 0) is 0 Å². The summed E-state index contributed by atoms with van der Waals surface area (Å²) in [6, 6.07) is 0. The van der Waals surface area contributed by atoms with Crippen LogP contribution in [-0.4, -0.2) is 11.1 Å². The van der Waals surface area contributed by atoms with Crippen LogP contribution in [0.5, 0.6) is 0 Å². The molecular formula is C10H22N2. The third-order valence-corrected chi connectivity index (χ3v) is 1.12. The lowest BCUT2D eigenvalue weighted by molar-refractivity contribution is 0.471. The van der Waals surface area contributed by atoms with Gasteiger partial charge in [-0.3, -0.25) is 0 Å². The maximum Gasteiger partial charge on any atom is 0.0284 e. The molecule has 0 aromatic carbocycles. The van der Waals surface area contributed by atoms with Crippen molar-refractivity contribution in [2.45, 2.75) is 52.6 Å². The maximum atomic E-state index is 3.25. The third kappa shape index (κ3) is 9.34. The van der Waals surface area contributed by atoms with E-state index in [9.17, 15) is 0 Å². The normalized spacial score (nSPS) is 13.5. The molecule has 12 heavy (non-hydrogen) atoms. The van der Waals surface area contributed by atoms with Crippen LogP contribution < -0.4 is 10.6 Å². The highest BCUT2D eigenvalue weighted by atomic mass is 15.0. The quantitative estimate of drug-likeness (QED) is 0.664. The lowest BCUT2D eigenvalue weighted by Crippen LogP contribution is -2.34. The van der Waals surface area contributed by atoms with Crippen molar-refractivity contribution in [2.24, 2.45) is 0 Å². The lowest BCUT2D eigenvalue weighted by Gasteiger charge is -2.21. The van der Waals surface area contributed by atoms with Crippen LogP contribution in [0.15, 0.2) is 12.4 Å². The average molecular weight is 170 g/mol. The van der Waals surface area contributed by atoms with E-state index in [0.717, 1.165) is 0 Å². The molecule has 72 valence electrons. The van der Waals surface area contributed by atoms with E-state index >= 15 is 0 Å². The first-order valence-electron chi connectivity index (χ1n) is 4.41. The van der Waals surface area contributed by atoms with Crippen molar-refractivity contribution in [2.75, 3.05) is 0 Å². The maximum absolute atomic E-state index is 3.25. The Morgan fingerprint density at radius 3 is 1.08 bits per heavy atom. The summed E-state index contributed by atoms with van der Waals surface area (Å²) in [6.45, 7) is 12.8. The zero-order chi connectivity index (χ0) is 9.83. The molecule has 0 saturated heterocycles. The highest BCUT2D eigenvalue weighted by molar-refractivity contribution is 4.87. The van der Waals surface area contributed by atoms with Crippen LogP contribution in [0.3, 0.4) is 0 Å². The molecule has 0 amide bonds. The fourth-order valence-corrected chi connectivity index (χ4v) is 0.583. The summed E-state index contributed by atoms with van der Waals surface area (Å²) in [5.41, 5.74) is 0.298. The van der Waals surface area contributed by atoms with Gasteiger partial charge in [-0.1, -0.05) is 0 Å². The standard InChI is InChI=1S/C10H22N2/c1-9(2,3)11-7-8-12-10(4,5)6/h7-8,11-12H,1-6H3.